The topological polar surface area (TPSA) is 61.5 Å². The van der Waals surface area contributed by atoms with Gasteiger partial charge in [0.15, 0.2) is 6.61 Å². The minimum absolute atomic E-state index is 0.0495. The lowest BCUT2D eigenvalue weighted by molar-refractivity contribution is -0.146. The number of carbonyl (C=O) groups excluding carboxylic acids is 1. The predicted octanol–water partition coefficient (Wildman–Crippen LogP) is 2.22. The highest BCUT2D eigenvalue weighted by molar-refractivity contribution is 5.71. The Labute approximate surface area is 114 Å². The molecule has 1 aromatic rings. The van der Waals surface area contributed by atoms with Gasteiger partial charge in [-0.2, -0.15) is 0 Å². The molecule has 0 amide bonds. The molecule has 0 spiro atoms. The monoisotopic (exact) mass is 265 g/mol. The molecule has 0 atom stereocenters. The van der Waals surface area contributed by atoms with Gasteiger partial charge in [0.05, 0.1) is 6.61 Å². The summed E-state index contributed by atoms with van der Waals surface area (Å²) in [6.45, 7) is 4.98. The number of hydrogen-bond donors (Lipinski definition) is 1. The van der Waals surface area contributed by atoms with Gasteiger partial charge in [-0.25, -0.2) is 4.79 Å². The maximum Gasteiger partial charge on any atom is 0.344 e. The molecule has 0 heterocycles. The van der Waals surface area contributed by atoms with E-state index in [2.05, 4.69) is 6.92 Å². The molecule has 0 unspecified atom stereocenters. The number of hydrogen-bond acceptors (Lipinski definition) is 4. The first kappa shape index (κ1) is 15.5. The molecule has 4 heteroatoms. The quantitative estimate of drug-likeness (QED) is 0.578. The Morgan fingerprint density at radius 3 is 2.84 bits per heavy atom. The SMILES string of the molecule is CCCCOC(=O)COc1c(C)cccc1CCN. The van der Waals surface area contributed by atoms with Crippen LogP contribution in [0.3, 0.4) is 0 Å². The van der Waals surface area contributed by atoms with Crippen LogP contribution in [0, 0.1) is 6.92 Å². The van der Waals surface area contributed by atoms with E-state index in [0.29, 0.717) is 13.2 Å². The fourth-order valence-corrected chi connectivity index (χ4v) is 1.78. The van der Waals surface area contributed by atoms with E-state index < -0.39 is 0 Å². The van der Waals surface area contributed by atoms with Crippen LogP contribution in [0.25, 0.3) is 0 Å². The van der Waals surface area contributed by atoms with Gasteiger partial charge >= 0.3 is 5.97 Å². The third-order valence-corrected chi connectivity index (χ3v) is 2.80. The molecule has 106 valence electrons. The van der Waals surface area contributed by atoms with Gasteiger partial charge in [-0.05, 0) is 37.4 Å². The van der Waals surface area contributed by atoms with Gasteiger partial charge in [-0.15, -0.1) is 0 Å². The molecule has 0 saturated carbocycles. The minimum atomic E-state index is -0.324. The van der Waals surface area contributed by atoms with Crippen molar-refractivity contribution in [2.24, 2.45) is 5.73 Å². The van der Waals surface area contributed by atoms with Crippen LogP contribution in [-0.4, -0.2) is 25.7 Å². The molecular weight excluding hydrogens is 242 g/mol. The largest absolute Gasteiger partial charge is 0.481 e. The van der Waals surface area contributed by atoms with Crippen LogP contribution in [-0.2, 0) is 16.0 Å². The van der Waals surface area contributed by atoms with E-state index >= 15 is 0 Å². The fourth-order valence-electron chi connectivity index (χ4n) is 1.78. The molecule has 0 aliphatic heterocycles. The molecule has 0 fully saturated rings. The van der Waals surface area contributed by atoms with Crippen LogP contribution in [0.4, 0.5) is 0 Å². The number of aryl methyl sites for hydroxylation is 1. The standard InChI is InChI=1S/C15H23NO3/c1-3-4-10-18-14(17)11-19-15-12(2)6-5-7-13(15)8-9-16/h5-7H,3-4,8-11,16H2,1-2H3. The Morgan fingerprint density at radius 2 is 2.16 bits per heavy atom. The van der Waals surface area contributed by atoms with E-state index in [0.717, 1.165) is 36.1 Å². The van der Waals surface area contributed by atoms with Crippen LogP contribution in [0.1, 0.15) is 30.9 Å². The summed E-state index contributed by atoms with van der Waals surface area (Å²) in [5.41, 5.74) is 7.61. The zero-order valence-corrected chi connectivity index (χ0v) is 11.8. The van der Waals surface area contributed by atoms with Crippen molar-refractivity contribution in [2.75, 3.05) is 19.8 Å². The molecule has 0 aromatic heterocycles. The maximum atomic E-state index is 11.5. The van der Waals surface area contributed by atoms with E-state index in [-0.39, 0.29) is 12.6 Å². The van der Waals surface area contributed by atoms with Crippen molar-refractivity contribution in [1.29, 1.82) is 0 Å². The Morgan fingerprint density at radius 1 is 1.37 bits per heavy atom. The first-order valence-electron chi connectivity index (χ1n) is 6.76. The normalized spacial score (nSPS) is 10.3. The maximum absolute atomic E-state index is 11.5. The second-order valence-corrected chi connectivity index (χ2v) is 4.46. The molecule has 0 saturated heterocycles. The van der Waals surface area contributed by atoms with Crippen molar-refractivity contribution in [1.82, 2.24) is 0 Å². The van der Waals surface area contributed by atoms with Crippen molar-refractivity contribution >= 4 is 5.97 Å². The van der Waals surface area contributed by atoms with Gasteiger partial charge in [0, 0.05) is 0 Å². The van der Waals surface area contributed by atoms with Gasteiger partial charge in [0.25, 0.3) is 0 Å². The van der Waals surface area contributed by atoms with E-state index in [1.807, 2.05) is 25.1 Å². The van der Waals surface area contributed by atoms with Crippen LogP contribution in [0.5, 0.6) is 5.75 Å². The molecule has 1 rings (SSSR count). The van der Waals surface area contributed by atoms with Crippen molar-refractivity contribution in [2.45, 2.75) is 33.1 Å². The Balaban J connectivity index is 2.54. The fraction of sp³-hybridized carbons (Fsp3) is 0.533. The first-order valence-corrected chi connectivity index (χ1v) is 6.76. The van der Waals surface area contributed by atoms with E-state index in [1.54, 1.807) is 0 Å². The highest BCUT2D eigenvalue weighted by Crippen LogP contribution is 2.23. The van der Waals surface area contributed by atoms with Gasteiger partial charge < -0.3 is 15.2 Å². The third kappa shape index (κ3) is 5.30. The van der Waals surface area contributed by atoms with Crippen molar-refractivity contribution < 1.29 is 14.3 Å². The van der Waals surface area contributed by atoms with E-state index in [4.69, 9.17) is 15.2 Å². The van der Waals surface area contributed by atoms with Gasteiger partial charge in [-0.3, -0.25) is 0 Å². The molecule has 0 aliphatic carbocycles. The number of nitrogens with two attached hydrogens (primary N) is 1. The molecule has 4 nitrogen and oxygen atoms in total. The summed E-state index contributed by atoms with van der Waals surface area (Å²) in [6, 6.07) is 5.89. The first-order chi connectivity index (χ1) is 9.19. The van der Waals surface area contributed by atoms with Crippen molar-refractivity contribution in [3.63, 3.8) is 0 Å². The second kappa shape index (κ2) is 8.53. The summed E-state index contributed by atoms with van der Waals surface area (Å²) in [4.78, 5) is 11.5. The lowest BCUT2D eigenvalue weighted by atomic mass is 10.1. The lowest BCUT2D eigenvalue weighted by Crippen LogP contribution is -2.17. The summed E-state index contributed by atoms with van der Waals surface area (Å²) in [5.74, 6) is 0.427. The summed E-state index contributed by atoms with van der Waals surface area (Å²) in [5, 5.41) is 0. The number of benzene rings is 1. The highest BCUT2D eigenvalue weighted by atomic mass is 16.6. The molecule has 2 N–H and O–H groups in total. The summed E-state index contributed by atoms with van der Waals surface area (Å²) < 4.78 is 10.6. The number of ether oxygens (including phenoxy) is 2. The summed E-state index contributed by atoms with van der Waals surface area (Å²) in [7, 11) is 0. The summed E-state index contributed by atoms with van der Waals surface area (Å²) in [6.07, 6.45) is 2.63. The predicted molar refractivity (Wildman–Crippen MR) is 75.3 cm³/mol. The number of rotatable bonds is 8. The van der Waals surface area contributed by atoms with Crippen LogP contribution < -0.4 is 10.5 Å². The molecule has 0 radical (unpaired) electrons. The Hall–Kier alpha value is -1.55. The number of para-hydroxylation sites is 1. The van der Waals surface area contributed by atoms with Crippen LogP contribution >= 0.6 is 0 Å². The minimum Gasteiger partial charge on any atom is -0.481 e. The van der Waals surface area contributed by atoms with Gasteiger partial charge in [0.2, 0.25) is 0 Å². The van der Waals surface area contributed by atoms with Crippen molar-refractivity contribution in [3.05, 3.63) is 29.3 Å². The highest BCUT2D eigenvalue weighted by Gasteiger charge is 2.09. The van der Waals surface area contributed by atoms with E-state index in [9.17, 15) is 4.79 Å². The van der Waals surface area contributed by atoms with E-state index in [1.165, 1.54) is 0 Å². The molecule has 0 bridgehead atoms. The lowest BCUT2D eigenvalue weighted by Gasteiger charge is -2.13. The van der Waals surface area contributed by atoms with Gasteiger partial charge in [-0.1, -0.05) is 31.5 Å². The smallest absolute Gasteiger partial charge is 0.344 e. The molecule has 0 aliphatic rings. The number of unbranched alkanes of at least 4 members (excludes halogenated alkanes) is 1. The Kier molecular flexibility index (Phi) is 6.97. The van der Waals surface area contributed by atoms with Crippen LogP contribution in [0.2, 0.25) is 0 Å². The molecule has 1 aromatic carbocycles. The molecular formula is C15H23NO3. The second-order valence-electron chi connectivity index (χ2n) is 4.46. The number of esters is 1. The van der Waals surface area contributed by atoms with Gasteiger partial charge in [0.1, 0.15) is 5.75 Å². The average molecular weight is 265 g/mol. The van der Waals surface area contributed by atoms with Crippen molar-refractivity contribution in [3.8, 4) is 5.75 Å². The average Bonchev–Trinajstić information content (AvgIpc) is 2.39. The van der Waals surface area contributed by atoms with Crippen LogP contribution in [0.15, 0.2) is 18.2 Å². The Bertz CT molecular complexity index is 404. The number of carbonyl (C=O) groups is 1. The molecule has 19 heavy (non-hydrogen) atoms. The third-order valence-electron chi connectivity index (χ3n) is 2.80. The zero-order valence-electron chi connectivity index (χ0n) is 11.8. The summed E-state index contributed by atoms with van der Waals surface area (Å²) >= 11 is 0. The zero-order chi connectivity index (χ0) is 14.1.